The van der Waals surface area contributed by atoms with E-state index in [0.717, 1.165) is 10.8 Å². The summed E-state index contributed by atoms with van der Waals surface area (Å²) in [4.78, 5) is 12.1. The fourth-order valence-electron chi connectivity index (χ4n) is 2.24. The van der Waals surface area contributed by atoms with Gasteiger partial charge in [0.1, 0.15) is 5.82 Å². The zero-order valence-electron chi connectivity index (χ0n) is 11.6. The van der Waals surface area contributed by atoms with Gasteiger partial charge in [-0.1, -0.05) is 36.4 Å². The van der Waals surface area contributed by atoms with Crippen LogP contribution in [0.1, 0.15) is 0 Å². The van der Waals surface area contributed by atoms with E-state index < -0.39 is 11.8 Å². The van der Waals surface area contributed by atoms with E-state index in [9.17, 15) is 9.18 Å². The van der Waals surface area contributed by atoms with Gasteiger partial charge in [0.2, 0.25) is 0 Å². The lowest BCUT2D eigenvalue weighted by Crippen LogP contribution is -2.19. The minimum atomic E-state index is -0.514. The molecule has 0 spiro atoms. The molecule has 0 aromatic heterocycles. The van der Waals surface area contributed by atoms with Gasteiger partial charge in [-0.3, -0.25) is 0 Å². The Labute approximate surface area is 126 Å². The second-order valence-corrected chi connectivity index (χ2v) is 4.84. The van der Waals surface area contributed by atoms with Crippen molar-refractivity contribution in [1.82, 2.24) is 0 Å². The van der Waals surface area contributed by atoms with Gasteiger partial charge in [0, 0.05) is 11.1 Å². The summed E-state index contributed by atoms with van der Waals surface area (Å²) in [5.74, 6) is -0.514. The SMILES string of the molecule is Nc1cc(NC(=O)Nc2cccc3ccccc23)ccc1F. The minimum Gasteiger partial charge on any atom is -0.396 e. The van der Waals surface area contributed by atoms with Crippen molar-refractivity contribution >= 4 is 33.9 Å². The summed E-state index contributed by atoms with van der Waals surface area (Å²) in [6, 6.07) is 17.0. The average molecular weight is 295 g/mol. The highest BCUT2D eigenvalue weighted by atomic mass is 19.1. The highest BCUT2D eigenvalue weighted by molar-refractivity contribution is 6.06. The van der Waals surface area contributed by atoms with Gasteiger partial charge >= 0.3 is 6.03 Å². The molecule has 0 aliphatic carbocycles. The number of hydrogen-bond donors (Lipinski definition) is 3. The Kier molecular flexibility index (Phi) is 3.62. The maximum absolute atomic E-state index is 13.1. The highest BCUT2D eigenvalue weighted by Crippen LogP contribution is 2.23. The number of amides is 2. The molecule has 3 aromatic carbocycles. The summed E-state index contributed by atoms with van der Waals surface area (Å²) < 4.78 is 13.1. The highest BCUT2D eigenvalue weighted by Gasteiger charge is 2.07. The molecule has 0 saturated carbocycles. The molecule has 0 bridgehead atoms. The smallest absolute Gasteiger partial charge is 0.323 e. The van der Waals surface area contributed by atoms with Crippen LogP contribution in [0.2, 0.25) is 0 Å². The van der Waals surface area contributed by atoms with Gasteiger partial charge in [-0.05, 0) is 29.7 Å². The number of nitrogens with two attached hydrogens (primary N) is 1. The molecule has 3 rings (SSSR count). The Morgan fingerprint density at radius 3 is 2.55 bits per heavy atom. The van der Waals surface area contributed by atoms with Crippen molar-refractivity contribution in [3.05, 3.63) is 66.5 Å². The van der Waals surface area contributed by atoms with Crippen molar-refractivity contribution in [2.45, 2.75) is 0 Å². The Hall–Kier alpha value is -3.08. The largest absolute Gasteiger partial charge is 0.396 e. The molecular formula is C17H14FN3O. The third kappa shape index (κ3) is 2.83. The van der Waals surface area contributed by atoms with Crippen LogP contribution in [0.4, 0.5) is 26.2 Å². The maximum Gasteiger partial charge on any atom is 0.323 e. The second-order valence-electron chi connectivity index (χ2n) is 4.84. The molecule has 0 saturated heterocycles. The molecule has 0 heterocycles. The predicted molar refractivity (Wildman–Crippen MR) is 87.4 cm³/mol. The van der Waals surface area contributed by atoms with Crippen LogP contribution in [0.15, 0.2) is 60.7 Å². The van der Waals surface area contributed by atoms with Crippen LogP contribution in [0, 0.1) is 5.82 Å². The molecule has 3 aromatic rings. The van der Waals surface area contributed by atoms with E-state index in [1.54, 1.807) is 0 Å². The molecule has 4 nitrogen and oxygen atoms in total. The molecule has 5 heteroatoms. The summed E-state index contributed by atoms with van der Waals surface area (Å²) in [5, 5.41) is 7.39. The van der Waals surface area contributed by atoms with Crippen LogP contribution < -0.4 is 16.4 Å². The number of nitrogen functional groups attached to an aromatic ring is 1. The number of fused-ring (bicyclic) bond motifs is 1. The van der Waals surface area contributed by atoms with E-state index in [1.165, 1.54) is 18.2 Å². The van der Waals surface area contributed by atoms with Crippen LogP contribution in [-0.4, -0.2) is 6.03 Å². The van der Waals surface area contributed by atoms with E-state index in [4.69, 9.17) is 5.73 Å². The lowest BCUT2D eigenvalue weighted by molar-refractivity contribution is 0.262. The van der Waals surface area contributed by atoms with Gasteiger partial charge < -0.3 is 16.4 Å². The number of benzene rings is 3. The van der Waals surface area contributed by atoms with Gasteiger partial charge in [-0.2, -0.15) is 0 Å². The van der Waals surface area contributed by atoms with Crippen LogP contribution in [-0.2, 0) is 0 Å². The number of hydrogen-bond acceptors (Lipinski definition) is 2. The van der Waals surface area contributed by atoms with Crippen molar-refractivity contribution in [1.29, 1.82) is 0 Å². The topological polar surface area (TPSA) is 67.1 Å². The summed E-state index contributed by atoms with van der Waals surface area (Å²) >= 11 is 0. The van der Waals surface area contributed by atoms with E-state index in [2.05, 4.69) is 10.6 Å². The predicted octanol–water partition coefficient (Wildman–Crippen LogP) is 4.21. The number of nitrogens with one attached hydrogen (secondary N) is 2. The molecule has 0 atom stereocenters. The molecule has 0 unspecified atom stereocenters. The van der Waals surface area contributed by atoms with Crippen molar-refractivity contribution in [2.75, 3.05) is 16.4 Å². The Bertz CT molecular complexity index is 843. The minimum absolute atomic E-state index is 0.0111. The molecule has 0 aliphatic heterocycles. The third-order valence-corrected chi connectivity index (χ3v) is 3.29. The first-order valence-electron chi connectivity index (χ1n) is 6.74. The number of urea groups is 1. The molecule has 110 valence electrons. The fraction of sp³-hybridized carbons (Fsp3) is 0. The summed E-state index contributed by atoms with van der Waals surface area (Å²) in [6.45, 7) is 0. The van der Waals surface area contributed by atoms with Crippen LogP contribution >= 0.6 is 0 Å². The Morgan fingerprint density at radius 2 is 1.73 bits per heavy atom. The molecular weight excluding hydrogens is 281 g/mol. The van der Waals surface area contributed by atoms with Crippen molar-refractivity contribution in [2.24, 2.45) is 0 Å². The number of carbonyl (C=O) groups is 1. The van der Waals surface area contributed by atoms with Crippen molar-refractivity contribution in [3.8, 4) is 0 Å². The lowest BCUT2D eigenvalue weighted by Gasteiger charge is -2.10. The molecule has 0 fully saturated rings. The van der Waals surface area contributed by atoms with E-state index in [1.807, 2.05) is 42.5 Å². The Balaban J connectivity index is 1.80. The monoisotopic (exact) mass is 295 g/mol. The van der Waals surface area contributed by atoms with Crippen molar-refractivity contribution in [3.63, 3.8) is 0 Å². The van der Waals surface area contributed by atoms with Crippen LogP contribution in [0.3, 0.4) is 0 Å². The molecule has 0 radical (unpaired) electrons. The fourth-order valence-corrected chi connectivity index (χ4v) is 2.24. The maximum atomic E-state index is 13.1. The zero-order valence-corrected chi connectivity index (χ0v) is 11.6. The van der Waals surface area contributed by atoms with Gasteiger partial charge in [-0.15, -0.1) is 0 Å². The number of carbonyl (C=O) groups excluding carboxylic acids is 1. The van der Waals surface area contributed by atoms with E-state index in [-0.39, 0.29) is 5.69 Å². The van der Waals surface area contributed by atoms with E-state index in [0.29, 0.717) is 11.4 Å². The first-order chi connectivity index (χ1) is 10.6. The normalized spacial score (nSPS) is 10.4. The number of rotatable bonds is 2. The van der Waals surface area contributed by atoms with Crippen molar-refractivity contribution < 1.29 is 9.18 Å². The summed E-state index contributed by atoms with van der Waals surface area (Å²) in [7, 11) is 0. The quantitative estimate of drug-likeness (QED) is 0.620. The summed E-state index contributed by atoms with van der Waals surface area (Å²) in [6.07, 6.45) is 0. The molecule has 22 heavy (non-hydrogen) atoms. The second kappa shape index (κ2) is 5.73. The first kappa shape index (κ1) is 13.9. The third-order valence-electron chi connectivity index (χ3n) is 3.29. The average Bonchev–Trinajstić information content (AvgIpc) is 2.51. The number of halogens is 1. The standard InChI is InChI=1S/C17H14FN3O/c18-14-9-8-12(10-15(14)19)20-17(22)21-16-7-3-5-11-4-1-2-6-13(11)16/h1-10H,19H2,(H2,20,21,22). The molecule has 4 N–H and O–H groups in total. The van der Waals surface area contributed by atoms with Crippen LogP contribution in [0.25, 0.3) is 10.8 Å². The van der Waals surface area contributed by atoms with Gasteiger partial charge in [0.15, 0.2) is 0 Å². The summed E-state index contributed by atoms with van der Waals surface area (Å²) in [5.41, 5.74) is 6.59. The van der Waals surface area contributed by atoms with Gasteiger partial charge in [0.25, 0.3) is 0 Å². The van der Waals surface area contributed by atoms with Crippen LogP contribution in [0.5, 0.6) is 0 Å². The lowest BCUT2D eigenvalue weighted by atomic mass is 10.1. The Morgan fingerprint density at radius 1 is 0.955 bits per heavy atom. The zero-order chi connectivity index (χ0) is 15.5. The molecule has 0 aliphatic rings. The first-order valence-corrected chi connectivity index (χ1v) is 6.74. The van der Waals surface area contributed by atoms with E-state index >= 15 is 0 Å². The van der Waals surface area contributed by atoms with Gasteiger partial charge in [-0.25, -0.2) is 9.18 Å². The number of anilines is 3. The van der Waals surface area contributed by atoms with Gasteiger partial charge in [0.05, 0.1) is 11.4 Å². The molecule has 2 amide bonds.